The van der Waals surface area contributed by atoms with E-state index in [9.17, 15) is 18.0 Å². The molecule has 2 aromatic rings. The molecule has 1 amide bonds. The molecule has 0 heterocycles. The van der Waals surface area contributed by atoms with Crippen LogP contribution in [0.4, 0.5) is 18.9 Å². The fraction of sp³-hybridized carbons (Fsp3) is 0.133. The lowest BCUT2D eigenvalue weighted by molar-refractivity contribution is -0.122. The minimum atomic E-state index is -1.12. The summed E-state index contributed by atoms with van der Waals surface area (Å²) in [4.78, 5) is 11.8. The summed E-state index contributed by atoms with van der Waals surface area (Å²) in [6, 6.07) is 8.75. The van der Waals surface area contributed by atoms with Gasteiger partial charge in [0, 0.05) is 0 Å². The van der Waals surface area contributed by atoms with Crippen LogP contribution in [0.15, 0.2) is 42.5 Å². The Morgan fingerprint density at radius 2 is 1.57 bits per heavy atom. The molecular formula is C15H12F3NO2. The predicted octanol–water partition coefficient (Wildman–Crippen LogP) is 3.51. The second kappa shape index (κ2) is 6.30. The number of amides is 1. The largest absolute Gasteiger partial charge is 0.478 e. The van der Waals surface area contributed by atoms with Crippen LogP contribution >= 0.6 is 0 Å². The van der Waals surface area contributed by atoms with Crippen molar-refractivity contribution < 1.29 is 22.7 Å². The quantitative estimate of drug-likeness (QED) is 0.937. The van der Waals surface area contributed by atoms with Crippen molar-refractivity contribution in [3.05, 3.63) is 59.9 Å². The fourth-order valence-electron chi connectivity index (χ4n) is 1.63. The van der Waals surface area contributed by atoms with Crippen molar-refractivity contribution in [1.82, 2.24) is 0 Å². The third-order valence-corrected chi connectivity index (χ3v) is 2.72. The van der Waals surface area contributed by atoms with E-state index in [-0.39, 0.29) is 5.75 Å². The van der Waals surface area contributed by atoms with Crippen LogP contribution < -0.4 is 10.1 Å². The minimum absolute atomic E-state index is 0.117. The molecule has 0 saturated carbocycles. The first-order valence-corrected chi connectivity index (χ1v) is 6.15. The molecular weight excluding hydrogens is 283 g/mol. The Kier molecular flexibility index (Phi) is 4.47. The molecule has 21 heavy (non-hydrogen) atoms. The molecule has 0 saturated heterocycles. The third-order valence-electron chi connectivity index (χ3n) is 2.72. The molecule has 0 aliphatic rings. The molecule has 1 atom stereocenters. The number of halogens is 3. The van der Waals surface area contributed by atoms with E-state index < -0.39 is 35.2 Å². The topological polar surface area (TPSA) is 38.3 Å². The molecule has 0 radical (unpaired) electrons. The molecule has 0 fully saturated rings. The zero-order chi connectivity index (χ0) is 15.4. The number of carbonyl (C=O) groups is 1. The Bertz CT molecular complexity index is 641. The van der Waals surface area contributed by atoms with Crippen molar-refractivity contribution in [2.75, 3.05) is 5.32 Å². The zero-order valence-corrected chi connectivity index (χ0v) is 11.1. The van der Waals surface area contributed by atoms with Gasteiger partial charge in [0.15, 0.2) is 17.7 Å². The van der Waals surface area contributed by atoms with Crippen LogP contribution in [-0.2, 0) is 4.79 Å². The van der Waals surface area contributed by atoms with Crippen molar-refractivity contribution in [1.29, 1.82) is 0 Å². The lowest BCUT2D eigenvalue weighted by Crippen LogP contribution is -2.31. The maximum Gasteiger partial charge on any atom is 0.265 e. The number of hydrogen-bond acceptors (Lipinski definition) is 2. The lowest BCUT2D eigenvalue weighted by atomic mass is 10.2. The lowest BCUT2D eigenvalue weighted by Gasteiger charge is -2.15. The second-order valence-corrected chi connectivity index (χ2v) is 4.28. The van der Waals surface area contributed by atoms with Crippen LogP contribution in [0.25, 0.3) is 0 Å². The van der Waals surface area contributed by atoms with E-state index in [0.717, 1.165) is 12.1 Å². The summed E-state index contributed by atoms with van der Waals surface area (Å²) in [6.45, 7) is 1.35. The highest BCUT2D eigenvalue weighted by molar-refractivity contribution is 5.94. The highest BCUT2D eigenvalue weighted by atomic mass is 19.1. The molecule has 0 aliphatic heterocycles. The first-order valence-electron chi connectivity index (χ1n) is 6.15. The summed E-state index contributed by atoms with van der Waals surface area (Å²) in [5, 5.41) is 2.08. The van der Waals surface area contributed by atoms with Gasteiger partial charge in [-0.1, -0.05) is 18.2 Å². The second-order valence-electron chi connectivity index (χ2n) is 4.28. The maximum atomic E-state index is 13.4. The number of rotatable bonds is 4. The van der Waals surface area contributed by atoms with Crippen LogP contribution in [0.3, 0.4) is 0 Å². The van der Waals surface area contributed by atoms with Crippen molar-refractivity contribution >= 4 is 11.6 Å². The summed E-state index contributed by atoms with van der Waals surface area (Å²) < 4.78 is 45.3. The Morgan fingerprint density at radius 3 is 2.19 bits per heavy atom. The highest BCUT2D eigenvalue weighted by Gasteiger charge is 2.19. The smallest absolute Gasteiger partial charge is 0.265 e. The van der Waals surface area contributed by atoms with Gasteiger partial charge in [0.2, 0.25) is 0 Å². The predicted molar refractivity (Wildman–Crippen MR) is 71.5 cm³/mol. The maximum absolute atomic E-state index is 13.4. The molecule has 3 nitrogen and oxygen atoms in total. The van der Waals surface area contributed by atoms with Crippen LogP contribution in [-0.4, -0.2) is 12.0 Å². The SMILES string of the molecule is CC(Oc1ccccc1F)C(=O)Nc1c(F)cccc1F. The van der Waals surface area contributed by atoms with Gasteiger partial charge in [0.05, 0.1) is 0 Å². The summed E-state index contributed by atoms with van der Waals surface area (Å²) in [5.74, 6) is -3.34. The van der Waals surface area contributed by atoms with Gasteiger partial charge in [0.1, 0.15) is 17.3 Å². The summed E-state index contributed by atoms with van der Waals surface area (Å²) in [6.07, 6.45) is -1.12. The summed E-state index contributed by atoms with van der Waals surface area (Å²) >= 11 is 0. The Labute approximate surface area is 119 Å². The first-order chi connectivity index (χ1) is 9.99. The Morgan fingerprint density at radius 1 is 1.00 bits per heavy atom. The fourth-order valence-corrected chi connectivity index (χ4v) is 1.63. The van der Waals surface area contributed by atoms with E-state index in [2.05, 4.69) is 5.32 Å². The molecule has 0 aromatic heterocycles. The number of para-hydroxylation sites is 2. The molecule has 0 bridgehead atoms. The van der Waals surface area contributed by atoms with Gasteiger partial charge in [-0.2, -0.15) is 0 Å². The Hall–Kier alpha value is -2.50. The van der Waals surface area contributed by atoms with Gasteiger partial charge in [-0.15, -0.1) is 0 Å². The van der Waals surface area contributed by atoms with E-state index >= 15 is 0 Å². The number of carbonyl (C=O) groups excluding carboxylic acids is 1. The van der Waals surface area contributed by atoms with Crippen LogP contribution in [0.1, 0.15) is 6.92 Å². The van der Waals surface area contributed by atoms with E-state index in [0.29, 0.717) is 0 Å². The first kappa shape index (κ1) is 14.9. The third kappa shape index (κ3) is 3.53. The molecule has 2 rings (SSSR count). The van der Waals surface area contributed by atoms with Crippen LogP contribution in [0.5, 0.6) is 5.75 Å². The van der Waals surface area contributed by atoms with Gasteiger partial charge in [-0.3, -0.25) is 4.79 Å². The number of hydrogen-bond donors (Lipinski definition) is 1. The van der Waals surface area contributed by atoms with Gasteiger partial charge in [0.25, 0.3) is 5.91 Å². The molecule has 0 spiro atoms. The zero-order valence-electron chi connectivity index (χ0n) is 11.1. The monoisotopic (exact) mass is 295 g/mol. The number of anilines is 1. The van der Waals surface area contributed by atoms with Crippen LogP contribution in [0, 0.1) is 17.5 Å². The molecule has 6 heteroatoms. The van der Waals surface area contributed by atoms with Gasteiger partial charge in [-0.25, -0.2) is 13.2 Å². The Balaban J connectivity index is 2.08. The average Bonchev–Trinajstić information content (AvgIpc) is 2.45. The van der Waals surface area contributed by atoms with E-state index in [1.54, 1.807) is 6.07 Å². The van der Waals surface area contributed by atoms with Gasteiger partial charge < -0.3 is 10.1 Å². The van der Waals surface area contributed by atoms with Gasteiger partial charge in [-0.05, 0) is 31.2 Å². The van der Waals surface area contributed by atoms with Crippen LogP contribution in [0.2, 0.25) is 0 Å². The van der Waals surface area contributed by atoms with E-state index in [4.69, 9.17) is 4.74 Å². The summed E-state index contributed by atoms with van der Waals surface area (Å²) in [7, 11) is 0. The molecule has 2 aromatic carbocycles. The van der Waals surface area contributed by atoms with Crippen molar-refractivity contribution in [3.8, 4) is 5.75 Å². The molecule has 0 aliphatic carbocycles. The number of ether oxygens (including phenoxy) is 1. The molecule has 1 unspecified atom stereocenters. The van der Waals surface area contributed by atoms with Crippen molar-refractivity contribution in [3.63, 3.8) is 0 Å². The van der Waals surface area contributed by atoms with Gasteiger partial charge >= 0.3 is 0 Å². The number of nitrogens with one attached hydrogen (secondary N) is 1. The van der Waals surface area contributed by atoms with E-state index in [1.165, 1.54) is 31.2 Å². The van der Waals surface area contributed by atoms with E-state index in [1.807, 2.05) is 0 Å². The molecule has 110 valence electrons. The highest BCUT2D eigenvalue weighted by Crippen LogP contribution is 2.20. The standard InChI is InChI=1S/C15H12F3NO2/c1-9(21-13-8-3-2-5-10(13)16)15(20)19-14-11(17)6-4-7-12(14)18/h2-9H,1H3,(H,19,20). The normalized spacial score (nSPS) is 11.8. The molecule has 1 N–H and O–H groups in total. The summed E-state index contributed by atoms with van der Waals surface area (Å²) in [5.41, 5.74) is -0.563. The van der Waals surface area contributed by atoms with Crippen molar-refractivity contribution in [2.24, 2.45) is 0 Å². The average molecular weight is 295 g/mol. The number of benzene rings is 2. The minimum Gasteiger partial charge on any atom is -0.478 e. The van der Waals surface area contributed by atoms with Crippen molar-refractivity contribution in [2.45, 2.75) is 13.0 Å².